The van der Waals surface area contributed by atoms with Gasteiger partial charge in [-0.2, -0.15) is 0 Å². The molecule has 0 aliphatic rings. The summed E-state index contributed by atoms with van der Waals surface area (Å²) in [6, 6.07) is 17.3. The predicted molar refractivity (Wildman–Crippen MR) is 106 cm³/mol. The van der Waals surface area contributed by atoms with Gasteiger partial charge in [-0.05, 0) is 43.9 Å². The van der Waals surface area contributed by atoms with E-state index in [9.17, 15) is 4.79 Å². The van der Waals surface area contributed by atoms with Crippen molar-refractivity contribution in [2.75, 3.05) is 32.1 Å². The van der Waals surface area contributed by atoms with Crippen molar-refractivity contribution in [3.8, 4) is 0 Å². The summed E-state index contributed by atoms with van der Waals surface area (Å²) in [6.45, 7) is 1.94. The Kier molecular flexibility index (Phi) is 10.3. The summed E-state index contributed by atoms with van der Waals surface area (Å²) in [5, 5.41) is 0. The molecule has 0 atom stereocenters. The van der Waals surface area contributed by atoms with Crippen LogP contribution >= 0.6 is 24.8 Å². The lowest BCUT2D eigenvalue weighted by Crippen LogP contribution is -2.36. The van der Waals surface area contributed by atoms with Gasteiger partial charge in [0.25, 0.3) is 5.91 Å². The Balaban J connectivity index is 0.00000264. The van der Waals surface area contributed by atoms with Crippen molar-refractivity contribution >= 4 is 36.4 Å². The molecule has 0 spiro atoms. The van der Waals surface area contributed by atoms with E-state index in [0.29, 0.717) is 18.7 Å². The smallest absolute Gasteiger partial charge is 0.258 e. The molecule has 0 aliphatic carbocycles. The first-order chi connectivity index (χ1) is 10.6. The Bertz CT molecular complexity index is 603. The monoisotopic (exact) mass is 369 g/mol. The lowest BCUT2D eigenvalue weighted by molar-refractivity contribution is 0.0985. The average molecular weight is 370 g/mol. The summed E-state index contributed by atoms with van der Waals surface area (Å²) in [7, 11) is 4.01. The minimum atomic E-state index is 0. The molecule has 0 aromatic heterocycles. The third kappa shape index (κ3) is 6.13. The van der Waals surface area contributed by atoms with Gasteiger partial charge >= 0.3 is 0 Å². The van der Waals surface area contributed by atoms with Crippen LogP contribution < -0.4 is 10.6 Å². The molecule has 2 rings (SSSR count). The molecule has 0 aliphatic heterocycles. The molecule has 1 amide bonds. The molecule has 4 nitrogen and oxygen atoms in total. The fraction of sp³-hybridized carbons (Fsp3) is 0.278. The second kappa shape index (κ2) is 11.0. The largest absolute Gasteiger partial charge is 0.326 e. The van der Waals surface area contributed by atoms with Crippen LogP contribution in [0.4, 0.5) is 5.69 Å². The number of benzene rings is 2. The SMILES string of the molecule is CN(C)CCN(C(=O)c1ccc(CN)cc1)c1ccccc1.Cl.Cl. The number of nitrogens with two attached hydrogens (primary N) is 1. The average Bonchev–Trinajstić information content (AvgIpc) is 2.55. The highest BCUT2D eigenvalue weighted by molar-refractivity contribution is 6.06. The van der Waals surface area contributed by atoms with Crippen LogP contribution in [0.15, 0.2) is 54.6 Å². The van der Waals surface area contributed by atoms with E-state index < -0.39 is 0 Å². The summed E-state index contributed by atoms with van der Waals surface area (Å²) in [5.41, 5.74) is 8.23. The Labute approximate surface area is 156 Å². The summed E-state index contributed by atoms with van der Waals surface area (Å²) >= 11 is 0. The number of para-hydroxylation sites is 1. The van der Waals surface area contributed by atoms with Crippen molar-refractivity contribution < 1.29 is 4.79 Å². The van der Waals surface area contributed by atoms with Crippen molar-refractivity contribution in [1.82, 2.24) is 4.90 Å². The van der Waals surface area contributed by atoms with Gasteiger partial charge in [0, 0.05) is 30.9 Å². The molecule has 0 saturated carbocycles. The lowest BCUT2D eigenvalue weighted by Gasteiger charge is -2.24. The van der Waals surface area contributed by atoms with E-state index in [1.807, 2.05) is 73.6 Å². The Morgan fingerprint density at radius 1 is 0.917 bits per heavy atom. The van der Waals surface area contributed by atoms with Gasteiger partial charge in [0.15, 0.2) is 0 Å². The van der Waals surface area contributed by atoms with Crippen LogP contribution in [0, 0.1) is 0 Å². The normalized spacial score (nSPS) is 9.83. The first-order valence-electron chi connectivity index (χ1n) is 7.42. The molecule has 0 radical (unpaired) electrons. The topological polar surface area (TPSA) is 49.6 Å². The minimum Gasteiger partial charge on any atom is -0.326 e. The van der Waals surface area contributed by atoms with E-state index in [2.05, 4.69) is 4.90 Å². The molecule has 2 N–H and O–H groups in total. The second-order valence-corrected chi connectivity index (χ2v) is 5.50. The van der Waals surface area contributed by atoms with Crippen molar-refractivity contribution in [3.63, 3.8) is 0 Å². The van der Waals surface area contributed by atoms with Crippen LogP contribution in [-0.2, 0) is 6.54 Å². The third-order valence-corrected chi connectivity index (χ3v) is 3.52. The zero-order valence-electron chi connectivity index (χ0n) is 14.0. The number of anilines is 1. The van der Waals surface area contributed by atoms with E-state index >= 15 is 0 Å². The molecule has 24 heavy (non-hydrogen) atoms. The number of nitrogens with zero attached hydrogens (tertiary/aromatic N) is 2. The van der Waals surface area contributed by atoms with E-state index in [1.54, 1.807) is 0 Å². The number of carbonyl (C=O) groups excluding carboxylic acids is 1. The molecule has 0 unspecified atom stereocenters. The highest BCUT2D eigenvalue weighted by atomic mass is 35.5. The van der Waals surface area contributed by atoms with Crippen LogP contribution in [0.3, 0.4) is 0 Å². The summed E-state index contributed by atoms with van der Waals surface area (Å²) in [5.74, 6) is 0.0108. The fourth-order valence-electron chi connectivity index (χ4n) is 2.20. The maximum Gasteiger partial charge on any atom is 0.258 e. The first-order valence-corrected chi connectivity index (χ1v) is 7.42. The molecule has 0 bridgehead atoms. The Morgan fingerprint density at radius 3 is 2.00 bits per heavy atom. The van der Waals surface area contributed by atoms with Gasteiger partial charge < -0.3 is 15.5 Å². The number of hydrogen-bond donors (Lipinski definition) is 1. The quantitative estimate of drug-likeness (QED) is 0.850. The van der Waals surface area contributed by atoms with E-state index in [1.165, 1.54) is 0 Å². The zero-order chi connectivity index (χ0) is 15.9. The van der Waals surface area contributed by atoms with Gasteiger partial charge in [-0.15, -0.1) is 24.8 Å². The fourth-order valence-corrected chi connectivity index (χ4v) is 2.20. The highest BCUT2D eigenvalue weighted by Gasteiger charge is 2.17. The number of hydrogen-bond acceptors (Lipinski definition) is 3. The summed E-state index contributed by atoms with van der Waals surface area (Å²) < 4.78 is 0. The van der Waals surface area contributed by atoms with E-state index in [-0.39, 0.29) is 30.7 Å². The minimum absolute atomic E-state index is 0. The number of likely N-dealkylation sites (N-methyl/N-ethyl adjacent to an activating group) is 1. The number of carbonyl (C=O) groups is 1. The molecule has 132 valence electrons. The predicted octanol–water partition coefficient (Wildman–Crippen LogP) is 3.20. The maximum atomic E-state index is 12.8. The van der Waals surface area contributed by atoms with Crippen LogP contribution in [-0.4, -0.2) is 38.0 Å². The van der Waals surface area contributed by atoms with E-state index in [0.717, 1.165) is 17.8 Å². The Hall–Kier alpha value is -1.59. The molecule has 2 aromatic carbocycles. The molecule has 0 saturated heterocycles. The van der Waals surface area contributed by atoms with Crippen molar-refractivity contribution in [2.45, 2.75) is 6.54 Å². The molecule has 6 heteroatoms. The first kappa shape index (κ1) is 22.4. The standard InChI is InChI=1S/C18H23N3O.2ClH/c1-20(2)12-13-21(17-6-4-3-5-7-17)18(22)16-10-8-15(14-19)9-11-16;;/h3-11H,12-14,19H2,1-2H3;2*1H. The second-order valence-electron chi connectivity index (χ2n) is 5.50. The lowest BCUT2D eigenvalue weighted by atomic mass is 10.1. The molecule has 0 heterocycles. The van der Waals surface area contributed by atoms with Gasteiger partial charge in [0.1, 0.15) is 0 Å². The van der Waals surface area contributed by atoms with E-state index in [4.69, 9.17) is 5.73 Å². The van der Waals surface area contributed by atoms with Gasteiger partial charge in [-0.1, -0.05) is 30.3 Å². The van der Waals surface area contributed by atoms with Crippen molar-refractivity contribution in [1.29, 1.82) is 0 Å². The van der Waals surface area contributed by atoms with Crippen LogP contribution in [0.1, 0.15) is 15.9 Å². The van der Waals surface area contributed by atoms with Gasteiger partial charge in [-0.25, -0.2) is 0 Å². The van der Waals surface area contributed by atoms with Crippen molar-refractivity contribution in [3.05, 3.63) is 65.7 Å². The number of rotatable bonds is 6. The van der Waals surface area contributed by atoms with Crippen LogP contribution in [0.2, 0.25) is 0 Å². The zero-order valence-corrected chi connectivity index (χ0v) is 15.6. The summed E-state index contributed by atoms with van der Waals surface area (Å²) in [4.78, 5) is 16.7. The van der Waals surface area contributed by atoms with Crippen LogP contribution in [0.25, 0.3) is 0 Å². The van der Waals surface area contributed by atoms with Gasteiger partial charge in [0.2, 0.25) is 0 Å². The van der Waals surface area contributed by atoms with Gasteiger partial charge in [0.05, 0.1) is 0 Å². The molecular formula is C18H25Cl2N3O. The summed E-state index contributed by atoms with van der Waals surface area (Å²) in [6.07, 6.45) is 0. The highest BCUT2D eigenvalue weighted by Crippen LogP contribution is 2.17. The number of halogens is 2. The maximum absolute atomic E-state index is 12.8. The molecule has 2 aromatic rings. The Morgan fingerprint density at radius 2 is 1.50 bits per heavy atom. The molecular weight excluding hydrogens is 345 g/mol. The number of amides is 1. The molecule has 0 fully saturated rings. The van der Waals surface area contributed by atoms with Gasteiger partial charge in [-0.3, -0.25) is 4.79 Å². The van der Waals surface area contributed by atoms with Crippen LogP contribution in [0.5, 0.6) is 0 Å². The van der Waals surface area contributed by atoms with Crippen molar-refractivity contribution in [2.24, 2.45) is 5.73 Å². The third-order valence-electron chi connectivity index (χ3n) is 3.52.